The van der Waals surface area contributed by atoms with Crippen LogP contribution in [0.3, 0.4) is 0 Å². The summed E-state index contributed by atoms with van der Waals surface area (Å²) >= 11 is 0. The Balaban J connectivity index is 2.35. The zero-order valence-corrected chi connectivity index (χ0v) is 11.5. The number of carboxylic acids is 1. The fourth-order valence-corrected chi connectivity index (χ4v) is 2.11. The highest BCUT2D eigenvalue weighted by Gasteiger charge is 2.27. The smallest absolute Gasteiger partial charge is 0.308 e. The second-order valence-corrected chi connectivity index (χ2v) is 5.94. The summed E-state index contributed by atoms with van der Waals surface area (Å²) in [4.78, 5) is 24.5. The Labute approximate surface area is 109 Å². The number of hydrogen-bond acceptors (Lipinski definition) is 3. The van der Waals surface area contributed by atoms with Gasteiger partial charge in [0.25, 0.3) is 0 Å². The summed E-state index contributed by atoms with van der Waals surface area (Å²) in [5.74, 6) is -1.13. The van der Waals surface area contributed by atoms with E-state index in [4.69, 9.17) is 5.11 Å². The number of carboxylic acid groups (broad SMARTS) is 1. The lowest BCUT2D eigenvalue weighted by Gasteiger charge is -2.31. The number of nitrogens with one attached hydrogen (secondary N) is 1. The highest BCUT2D eigenvalue weighted by Crippen LogP contribution is 2.17. The molecule has 0 spiro atoms. The molecule has 0 aromatic heterocycles. The number of likely N-dealkylation sites (tertiary alicyclic amines) is 1. The van der Waals surface area contributed by atoms with Gasteiger partial charge in [0.05, 0.1) is 5.92 Å². The third-order valence-electron chi connectivity index (χ3n) is 3.12. The Hall–Kier alpha value is -1.10. The van der Waals surface area contributed by atoms with E-state index < -0.39 is 11.9 Å². The molecule has 1 rings (SSSR count). The molecule has 18 heavy (non-hydrogen) atoms. The summed E-state index contributed by atoms with van der Waals surface area (Å²) in [6.45, 7) is 7.86. The van der Waals surface area contributed by atoms with Gasteiger partial charge in [-0.1, -0.05) is 0 Å². The van der Waals surface area contributed by atoms with Gasteiger partial charge < -0.3 is 15.3 Å². The predicted octanol–water partition coefficient (Wildman–Crippen LogP) is 1.09. The van der Waals surface area contributed by atoms with Crippen molar-refractivity contribution in [3.63, 3.8) is 0 Å². The van der Waals surface area contributed by atoms with Crippen LogP contribution in [0.15, 0.2) is 0 Å². The van der Waals surface area contributed by atoms with Crippen molar-refractivity contribution < 1.29 is 14.7 Å². The molecule has 0 bridgehead atoms. The Morgan fingerprint density at radius 2 is 2.06 bits per heavy atom. The molecule has 1 aliphatic rings. The molecule has 0 radical (unpaired) electrons. The lowest BCUT2D eigenvalue weighted by atomic mass is 9.98. The van der Waals surface area contributed by atoms with Crippen LogP contribution in [0.2, 0.25) is 0 Å². The first kappa shape index (κ1) is 15.0. The lowest BCUT2D eigenvalue weighted by molar-refractivity contribution is -0.145. The van der Waals surface area contributed by atoms with Crippen LogP contribution in [0.4, 0.5) is 0 Å². The Morgan fingerprint density at radius 3 is 2.61 bits per heavy atom. The monoisotopic (exact) mass is 256 g/mol. The average Bonchev–Trinajstić information content (AvgIpc) is 2.27. The van der Waals surface area contributed by atoms with Crippen LogP contribution in [0.5, 0.6) is 0 Å². The fraction of sp³-hybridized carbons (Fsp3) is 0.846. The Bertz CT molecular complexity index is 310. The van der Waals surface area contributed by atoms with Crippen LogP contribution in [-0.4, -0.2) is 47.1 Å². The second-order valence-electron chi connectivity index (χ2n) is 5.94. The van der Waals surface area contributed by atoms with Crippen molar-refractivity contribution in [3.8, 4) is 0 Å². The molecule has 0 aromatic carbocycles. The van der Waals surface area contributed by atoms with Gasteiger partial charge in [0.15, 0.2) is 0 Å². The molecule has 1 aliphatic heterocycles. The van der Waals surface area contributed by atoms with Crippen molar-refractivity contribution in [3.05, 3.63) is 0 Å². The molecular formula is C13H24N2O3. The lowest BCUT2D eigenvalue weighted by Crippen LogP contribution is -2.44. The van der Waals surface area contributed by atoms with E-state index in [-0.39, 0.29) is 11.4 Å². The van der Waals surface area contributed by atoms with E-state index in [1.165, 1.54) is 0 Å². The van der Waals surface area contributed by atoms with Crippen LogP contribution < -0.4 is 5.32 Å². The van der Waals surface area contributed by atoms with Crippen LogP contribution in [-0.2, 0) is 9.59 Å². The molecule has 0 saturated carbocycles. The molecule has 1 heterocycles. The molecule has 0 aliphatic carbocycles. The zero-order chi connectivity index (χ0) is 13.8. The van der Waals surface area contributed by atoms with Gasteiger partial charge in [0, 0.05) is 31.6 Å². The van der Waals surface area contributed by atoms with Crippen LogP contribution in [0, 0.1) is 5.92 Å². The Kier molecular flexibility index (Phi) is 5.14. The van der Waals surface area contributed by atoms with Gasteiger partial charge in [0.2, 0.25) is 5.91 Å². The minimum Gasteiger partial charge on any atom is -0.481 e. The van der Waals surface area contributed by atoms with Gasteiger partial charge >= 0.3 is 5.97 Å². The number of aliphatic carboxylic acids is 1. The number of amides is 1. The number of rotatable bonds is 4. The third-order valence-corrected chi connectivity index (χ3v) is 3.12. The molecule has 1 saturated heterocycles. The van der Waals surface area contributed by atoms with E-state index in [1.807, 2.05) is 0 Å². The molecule has 1 unspecified atom stereocenters. The zero-order valence-electron chi connectivity index (χ0n) is 11.5. The van der Waals surface area contributed by atoms with Gasteiger partial charge in [0.1, 0.15) is 0 Å². The normalized spacial score (nSPS) is 20.8. The van der Waals surface area contributed by atoms with E-state index in [0.29, 0.717) is 32.5 Å². The molecule has 104 valence electrons. The van der Waals surface area contributed by atoms with Gasteiger partial charge in [-0.2, -0.15) is 0 Å². The van der Waals surface area contributed by atoms with E-state index >= 15 is 0 Å². The molecule has 5 nitrogen and oxygen atoms in total. The maximum absolute atomic E-state index is 11.9. The SMILES string of the molecule is CC(C)(C)NCCC(=O)N1CCCC(C(=O)O)C1. The Morgan fingerprint density at radius 1 is 1.39 bits per heavy atom. The van der Waals surface area contributed by atoms with E-state index in [0.717, 1.165) is 6.42 Å². The van der Waals surface area contributed by atoms with Crippen molar-refractivity contribution >= 4 is 11.9 Å². The van der Waals surface area contributed by atoms with Crippen molar-refractivity contribution in [1.82, 2.24) is 10.2 Å². The number of hydrogen-bond donors (Lipinski definition) is 2. The minimum absolute atomic E-state index is 0.00573. The minimum atomic E-state index is -0.791. The van der Waals surface area contributed by atoms with Crippen molar-refractivity contribution in [2.24, 2.45) is 5.92 Å². The fourth-order valence-electron chi connectivity index (χ4n) is 2.11. The number of nitrogens with zero attached hydrogens (tertiary/aromatic N) is 1. The second kappa shape index (κ2) is 6.18. The van der Waals surface area contributed by atoms with Gasteiger partial charge in [-0.05, 0) is 33.6 Å². The van der Waals surface area contributed by atoms with E-state index in [1.54, 1.807) is 4.90 Å². The summed E-state index contributed by atoms with van der Waals surface area (Å²) in [5.41, 5.74) is 0.00573. The summed E-state index contributed by atoms with van der Waals surface area (Å²) in [6.07, 6.45) is 1.90. The highest BCUT2D eigenvalue weighted by atomic mass is 16.4. The van der Waals surface area contributed by atoms with Gasteiger partial charge in [-0.25, -0.2) is 0 Å². The molecule has 0 aromatic rings. The first-order valence-electron chi connectivity index (χ1n) is 6.55. The molecule has 1 fully saturated rings. The van der Waals surface area contributed by atoms with Crippen LogP contribution >= 0.6 is 0 Å². The maximum Gasteiger partial charge on any atom is 0.308 e. The maximum atomic E-state index is 11.9. The average molecular weight is 256 g/mol. The van der Waals surface area contributed by atoms with Crippen LogP contribution in [0.1, 0.15) is 40.0 Å². The summed E-state index contributed by atoms with van der Waals surface area (Å²) < 4.78 is 0. The number of carbonyl (C=O) groups is 2. The largest absolute Gasteiger partial charge is 0.481 e. The van der Waals surface area contributed by atoms with E-state index in [2.05, 4.69) is 26.1 Å². The molecule has 1 atom stereocenters. The quantitative estimate of drug-likeness (QED) is 0.790. The van der Waals surface area contributed by atoms with Crippen molar-refractivity contribution in [2.45, 2.75) is 45.6 Å². The molecule has 2 N–H and O–H groups in total. The summed E-state index contributed by atoms with van der Waals surface area (Å²) in [5, 5.41) is 12.2. The molecular weight excluding hydrogens is 232 g/mol. The van der Waals surface area contributed by atoms with Gasteiger partial charge in [-0.15, -0.1) is 0 Å². The summed E-state index contributed by atoms with van der Waals surface area (Å²) in [6, 6.07) is 0. The van der Waals surface area contributed by atoms with Gasteiger partial charge in [-0.3, -0.25) is 9.59 Å². The molecule has 1 amide bonds. The predicted molar refractivity (Wildman–Crippen MR) is 69.3 cm³/mol. The summed E-state index contributed by atoms with van der Waals surface area (Å²) in [7, 11) is 0. The molecule has 5 heteroatoms. The first-order chi connectivity index (χ1) is 8.29. The number of carbonyl (C=O) groups excluding carboxylic acids is 1. The highest BCUT2D eigenvalue weighted by molar-refractivity contribution is 5.78. The van der Waals surface area contributed by atoms with E-state index in [9.17, 15) is 9.59 Å². The number of piperidine rings is 1. The topological polar surface area (TPSA) is 69.6 Å². The van der Waals surface area contributed by atoms with Crippen LogP contribution in [0.25, 0.3) is 0 Å². The van der Waals surface area contributed by atoms with Crippen molar-refractivity contribution in [1.29, 1.82) is 0 Å². The standard InChI is InChI=1S/C13H24N2O3/c1-13(2,3)14-7-6-11(16)15-8-4-5-10(9-15)12(17)18/h10,14H,4-9H2,1-3H3,(H,17,18). The van der Waals surface area contributed by atoms with Crippen molar-refractivity contribution in [2.75, 3.05) is 19.6 Å². The third kappa shape index (κ3) is 5.04. The first-order valence-corrected chi connectivity index (χ1v) is 6.55.